The number of benzene rings is 1. The Balaban J connectivity index is 2.17. The zero-order chi connectivity index (χ0) is 15.7. The van der Waals surface area contributed by atoms with E-state index in [1.165, 1.54) is 0 Å². The Hall–Kier alpha value is -0.810. The van der Waals surface area contributed by atoms with Gasteiger partial charge in [-0.2, -0.15) is 0 Å². The van der Waals surface area contributed by atoms with Gasteiger partial charge in [0.2, 0.25) is 5.91 Å². The van der Waals surface area contributed by atoms with Gasteiger partial charge in [-0.3, -0.25) is 4.79 Å². The molecule has 0 saturated carbocycles. The summed E-state index contributed by atoms with van der Waals surface area (Å²) >= 11 is 12.0. The maximum Gasteiger partial charge on any atom is 0.238 e. The van der Waals surface area contributed by atoms with Gasteiger partial charge in [0, 0.05) is 13.2 Å². The van der Waals surface area contributed by atoms with E-state index in [1.807, 2.05) is 0 Å². The number of halogens is 2. The van der Waals surface area contributed by atoms with Gasteiger partial charge in [-0.1, -0.05) is 43.1 Å². The first-order chi connectivity index (χ1) is 10.0. The van der Waals surface area contributed by atoms with Crippen LogP contribution < -0.4 is 10.6 Å². The van der Waals surface area contributed by atoms with Gasteiger partial charge in [0.15, 0.2) is 0 Å². The van der Waals surface area contributed by atoms with E-state index in [9.17, 15) is 4.79 Å². The minimum absolute atomic E-state index is 0.188. The highest BCUT2D eigenvalue weighted by molar-refractivity contribution is 6.39. The second kappa shape index (κ2) is 10.0. The predicted molar refractivity (Wildman–Crippen MR) is 88.2 cm³/mol. The molecule has 2 N–H and O–H groups in total. The van der Waals surface area contributed by atoms with Crippen molar-refractivity contribution in [2.24, 2.45) is 5.92 Å². The number of anilines is 1. The molecule has 1 amide bonds. The van der Waals surface area contributed by atoms with E-state index in [0.29, 0.717) is 34.8 Å². The van der Waals surface area contributed by atoms with E-state index in [2.05, 4.69) is 24.5 Å². The SMILES string of the molecule is CC(C)CCOCCNCC(=O)Nc1c(Cl)cccc1Cl. The molecule has 1 aromatic rings. The van der Waals surface area contributed by atoms with E-state index in [4.69, 9.17) is 27.9 Å². The molecule has 0 heterocycles. The fourth-order valence-corrected chi connectivity index (χ4v) is 2.06. The van der Waals surface area contributed by atoms with Gasteiger partial charge < -0.3 is 15.4 Å². The molecule has 21 heavy (non-hydrogen) atoms. The van der Waals surface area contributed by atoms with Gasteiger partial charge in [0.25, 0.3) is 0 Å². The topological polar surface area (TPSA) is 50.4 Å². The lowest BCUT2D eigenvalue weighted by molar-refractivity contribution is -0.115. The monoisotopic (exact) mass is 332 g/mol. The van der Waals surface area contributed by atoms with Crippen LogP contribution in [0.25, 0.3) is 0 Å². The summed E-state index contributed by atoms with van der Waals surface area (Å²) in [6.45, 7) is 6.47. The number of hydrogen-bond donors (Lipinski definition) is 2. The van der Waals surface area contributed by atoms with Crippen LogP contribution >= 0.6 is 23.2 Å². The Morgan fingerprint density at radius 2 is 1.90 bits per heavy atom. The maximum absolute atomic E-state index is 11.8. The first-order valence-electron chi connectivity index (χ1n) is 7.03. The van der Waals surface area contributed by atoms with Crippen molar-refractivity contribution < 1.29 is 9.53 Å². The van der Waals surface area contributed by atoms with Crippen molar-refractivity contribution in [1.29, 1.82) is 0 Å². The Bertz CT molecular complexity index is 433. The van der Waals surface area contributed by atoms with Gasteiger partial charge in [0.05, 0.1) is 28.9 Å². The van der Waals surface area contributed by atoms with Crippen LogP contribution in [0, 0.1) is 5.92 Å². The lowest BCUT2D eigenvalue weighted by Crippen LogP contribution is -2.30. The molecule has 0 bridgehead atoms. The van der Waals surface area contributed by atoms with Crippen LogP contribution in [0.5, 0.6) is 0 Å². The maximum atomic E-state index is 11.8. The molecule has 0 aromatic heterocycles. The van der Waals surface area contributed by atoms with Gasteiger partial charge >= 0.3 is 0 Å². The van der Waals surface area contributed by atoms with Crippen LogP contribution in [-0.2, 0) is 9.53 Å². The Morgan fingerprint density at radius 3 is 2.52 bits per heavy atom. The molecule has 0 spiro atoms. The van der Waals surface area contributed by atoms with E-state index in [0.717, 1.165) is 13.0 Å². The number of rotatable bonds is 9. The summed E-state index contributed by atoms with van der Waals surface area (Å²) in [5.74, 6) is 0.455. The average molecular weight is 333 g/mol. The predicted octanol–water partition coefficient (Wildman–Crippen LogP) is 3.58. The molecular formula is C15H22Cl2N2O2. The molecule has 1 aromatic carbocycles. The molecule has 0 aliphatic rings. The number of nitrogens with one attached hydrogen (secondary N) is 2. The smallest absolute Gasteiger partial charge is 0.238 e. The first kappa shape index (κ1) is 18.2. The van der Waals surface area contributed by atoms with Crippen LogP contribution in [-0.4, -0.2) is 32.2 Å². The van der Waals surface area contributed by atoms with Crippen molar-refractivity contribution in [1.82, 2.24) is 5.32 Å². The molecule has 4 nitrogen and oxygen atoms in total. The summed E-state index contributed by atoms with van der Waals surface area (Å²) < 4.78 is 5.45. The van der Waals surface area contributed by atoms with Crippen LogP contribution in [0.2, 0.25) is 10.0 Å². The average Bonchev–Trinajstić information content (AvgIpc) is 2.41. The third-order valence-electron chi connectivity index (χ3n) is 2.78. The summed E-state index contributed by atoms with van der Waals surface area (Å²) in [6.07, 6.45) is 1.05. The van der Waals surface area contributed by atoms with E-state index in [-0.39, 0.29) is 12.5 Å². The molecular weight excluding hydrogens is 311 g/mol. The number of ether oxygens (including phenoxy) is 1. The van der Waals surface area contributed by atoms with E-state index in [1.54, 1.807) is 18.2 Å². The van der Waals surface area contributed by atoms with Crippen LogP contribution in [0.4, 0.5) is 5.69 Å². The third-order valence-corrected chi connectivity index (χ3v) is 3.41. The molecule has 0 aliphatic heterocycles. The molecule has 0 atom stereocenters. The Kier molecular flexibility index (Phi) is 8.69. The van der Waals surface area contributed by atoms with E-state index < -0.39 is 0 Å². The van der Waals surface area contributed by atoms with E-state index >= 15 is 0 Å². The molecule has 6 heteroatoms. The summed E-state index contributed by atoms with van der Waals surface area (Å²) in [4.78, 5) is 11.8. The lowest BCUT2D eigenvalue weighted by atomic mass is 10.1. The summed E-state index contributed by atoms with van der Waals surface area (Å²) in [5, 5.41) is 6.55. The number of para-hydroxylation sites is 1. The van der Waals surface area contributed by atoms with Gasteiger partial charge in [-0.15, -0.1) is 0 Å². The highest BCUT2D eigenvalue weighted by Gasteiger charge is 2.08. The van der Waals surface area contributed by atoms with Crippen LogP contribution in [0.15, 0.2) is 18.2 Å². The van der Waals surface area contributed by atoms with Crippen LogP contribution in [0.1, 0.15) is 20.3 Å². The Labute approximate surface area is 136 Å². The minimum Gasteiger partial charge on any atom is -0.380 e. The number of hydrogen-bond acceptors (Lipinski definition) is 3. The van der Waals surface area contributed by atoms with Crippen molar-refractivity contribution in [3.05, 3.63) is 28.2 Å². The molecule has 118 valence electrons. The molecule has 0 saturated heterocycles. The number of carbonyl (C=O) groups is 1. The normalized spacial score (nSPS) is 10.9. The summed E-state index contributed by atoms with van der Waals surface area (Å²) in [5.41, 5.74) is 0.445. The second-order valence-electron chi connectivity index (χ2n) is 5.12. The molecule has 1 rings (SSSR count). The molecule has 0 unspecified atom stereocenters. The van der Waals surface area contributed by atoms with Gasteiger partial charge in [-0.25, -0.2) is 0 Å². The van der Waals surface area contributed by atoms with Crippen molar-refractivity contribution in [2.45, 2.75) is 20.3 Å². The molecule has 0 aliphatic carbocycles. The number of amides is 1. The largest absolute Gasteiger partial charge is 0.380 e. The van der Waals surface area contributed by atoms with Gasteiger partial charge in [-0.05, 0) is 24.5 Å². The Morgan fingerprint density at radius 1 is 1.24 bits per heavy atom. The standard InChI is InChI=1S/C15H22Cl2N2O2/c1-11(2)6-8-21-9-7-18-10-14(20)19-15-12(16)4-3-5-13(15)17/h3-5,11,18H,6-10H2,1-2H3,(H,19,20). The zero-order valence-corrected chi connectivity index (χ0v) is 13.9. The minimum atomic E-state index is -0.188. The van der Waals surface area contributed by atoms with Crippen LogP contribution in [0.3, 0.4) is 0 Å². The third kappa shape index (κ3) is 7.67. The summed E-state index contributed by atoms with van der Waals surface area (Å²) in [7, 11) is 0. The second-order valence-corrected chi connectivity index (χ2v) is 5.93. The molecule has 0 radical (unpaired) electrons. The lowest BCUT2D eigenvalue weighted by Gasteiger charge is -2.10. The highest BCUT2D eigenvalue weighted by Crippen LogP contribution is 2.29. The summed E-state index contributed by atoms with van der Waals surface area (Å²) in [6, 6.07) is 5.09. The fraction of sp³-hybridized carbons (Fsp3) is 0.533. The highest BCUT2D eigenvalue weighted by atomic mass is 35.5. The van der Waals surface area contributed by atoms with Crippen molar-refractivity contribution >= 4 is 34.8 Å². The quantitative estimate of drug-likeness (QED) is 0.679. The number of carbonyl (C=O) groups excluding carboxylic acids is 1. The first-order valence-corrected chi connectivity index (χ1v) is 7.78. The fourth-order valence-electron chi connectivity index (χ4n) is 1.57. The zero-order valence-electron chi connectivity index (χ0n) is 12.4. The van der Waals surface area contributed by atoms with Crippen molar-refractivity contribution in [3.63, 3.8) is 0 Å². The van der Waals surface area contributed by atoms with Crippen molar-refractivity contribution in [2.75, 3.05) is 31.6 Å². The van der Waals surface area contributed by atoms with Crippen molar-refractivity contribution in [3.8, 4) is 0 Å². The van der Waals surface area contributed by atoms with Gasteiger partial charge in [0.1, 0.15) is 0 Å². The molecule has 0 fully saturated rings.